The van der Waals surface area contributed by atoms with Crippen molar-refractivity contribution in [1.82, 2.24) is 9.47 Å². The molecule has 0 spiro atoms. The molecule has 1 fully saturated rings. The number of aromatic nitrogens is 1. The number of hydrogen-bond donors (Lipinski definition) is 0. The highest BCUT2D eigenvalue weighted by atomic mass is 35.5. The summed E-state index contributed by atoms with van der Waals surface area (Å²) < 4.78 is 2.21. The van der Waals surface area contributed by atoms with Crippen LogP contribution in [0.3, 0.4) is 0 Å². The van der Waals surface area contributed by atoms with Gasteiger partial charge in [-0.15, -0.1) is 0 Å². The zero-order valence-corrected chi connectivity index (χ0v) is 20.8. The average Bonchev–Trinajstić information content (AvgIpc) is 3.37. The number of imide groups is 1. The fourth-order valence-corrected chi connectivity index (χ4v) is 5.73. The minimum Gasteiger partial charge on any atom is -0.342 e. The number of halogens is 1. The molecule has 0 N–H and O–H groups in total. The summed E-state index contributed by atoms with van der Waals surface area (Å²) in [7, 11) is 0. The third-order valence-electron chi connectivity index (χ3n) is 6.49. The van der Waals surface area contributed by atoms with Gasteiger partial charge in [0.05, 0.1) is 11.4 Å². The van der Waals surface area contributed by atoms with E-state index in [4.69, 9.17) is 11.6 Å². The van der Waals surface area contributed by atoms with Crippen LogP contribution in [0, 0.1) is 0 Å². The largest absolute Gasteiger partial charge is 0.342 e. The van der Waals surface area contributed by atoms with Crippen LogP contribution in [0.2, 0.25) is 5.02 Å². The van der Waals surface area contributed by atoms with E-state index in [9.17, 15) is 9.59 Å². The summed E-state index contributed by atoms with van der Waals surface area (Å²) in [5, 5.41) is 3.72. The van der Waals surface area contributed by atoms with Crippen molar-refractivity contribution in [3.8, 4) is 0 Å². The molecule has 0 aliphatic carbocycles. The summed E-state index contributed by atoms with van der Waals surface area (Å²) in [6.07, 6.45) is 3.90. The molecule has 1 aliphatic heterocycles. The van der Waals surface area contributed by atoms with E-state index in [2.05, 4.69) is 59.3 Å². The molecule has 4 aromatic carbocycles. The lowest BCUT2D eigenvalue weighted by Gasteiger charge is -2.13. The van der Waals surface area contributed by atoms with Gasteiger partial charge in [0, 0.05) is 34.2 Å². The van der Waals surface area contributed by atoms with Crippen molar-refractivity contribution in [3.63, 3.8) is 0 Å². The second kappa shape index (κ2) is 9.34. The molecule has 0 saturated carbocycles. The van der Waals surface area contributed by atoms with Crippen LogP contribution in [0.15, 0.2) is 102 Å². The van der Waals surface area contributed by atoms with Gasteiger partial charge in [-0.3, -0.25) is 14.5 Å². The lowest BCUT2D eigenvalue weighted by molar-refractivity contribution is -0.123. The second-order valence-corrected chi connectivity index (χ2v) is 10.1. The molecule has 2 heterocycles. The molecule has 36 heavy (non-hydrogen) atoms. The fourth-order valence-electron chi connectivity index (χ4n) is 4.71. The molecule has 1 saturated heterocycles. The maximum absolute atomic E-state index is 13.2. The van der Waals surface area contributed by atoms with Gasteiger partial charge in [0.1, 0.15) is 0 Å². The predicted molar refractivity (Wildman–Crippen MR) is 148 cm³/mol. The van der Waals surface area contributed by atoms with E-state index in [1.165, 1.54) is 21.2 Å². The van der Waals surface area contributed by atoms with Gasteiger partial charge in [-0.2, -0.15) is 0 Å². The van der Waals surface area contributed by atoms with Crippen molar-refractivity contribution in [2.75, 3.05) is 0 Å². The van der Waals surface area contributed by atoms with Crippen molar-refractivity contribution in [2.24, 2.45) is 0 Å². The molecule has 0 bridgehead atoms. The number of amides is 2. The van der Waals surface area contributed by atoms with Gasteiger partial charge in [0.2, 0.25) is 0 Å². The molecule has 2 amide bonds. The smallest absolute Gasteiger partial charge is 0.293 e. The van der Waals surface area contributed by atoms with Crippen molar-refractivity contribution in [1.29, 1.82) is 0 Å². The van der Waals surface area contributed by atoms with Crippen LogP contribution < -0.4 is 0 Å². The first-order chi connectivity index (χ1) is 17.6. The quantitative estimate of drug-likeness (QED) is 0.228. The average molecular weight is 509 g/mol. The maximum atomic E-state index is 13.2. The van der Waals surface area contributed by atoms with E-state index in [0.717, 1.165) is 33.8 Å². The summed E-state index contributed by atoms with van der Waals surface area (Å²) in [6, 6.07) is 30.1. The molecular weight excluding hydrogens is 488 g/mol. The summed E-state index contributed by atoms with van der Waals surface area (Å²) in [6.45, 7) is 0.855. The monoisotopic (exact) mass is 508 g/mol. The third-order valence-corrected chi connectivity index (χ3v) is 7.76. The highest BCUT2D eigenvalue weighted by Crippen LogP contribution is 2.36. The molecular formula is C30H21ClN2O2S. The lowest BCUT2D eigenvalue weighted by Crippen LogP contribution is -2.27. The van der Waals surface area contributed by atoms with Gasteiger partial charge < -0.3 is 4.57 Å². The summed E-state index contributed by atoms with van der Waals surface area (Å²) in [4.78, 5) is 27.6. The topological polar surface area (TPSA) is 42.3 Å². The zero-order chi connectivity index (χ0) is 24.6. The van der Waals surface area contributed by atoms with E-state index in [1.54, 1.807) is 6.07 Å². The van der Waals surface area contributed by atoms with Crippen molar-refractivity contribution in [2.45, 2.75) is 13.1 Å². The van der Waals surface area contributed by atoms with E-state index in [1.807, 2.05) is 42.5 Å². The van der Waals surface area contributed by atoms with Crippen LogP contribution in [-0.4, -0.2) is 20.6 Å². The molecule has 6 rings (SSSR count). The number of fused-ring (bicyclic) bond motifs is 2. The zero-order valence-electron chi connectivity index (χ0n) is 19.2. The summed E-state index contributed by atoms with van der Waals surface area (Å²) >= 11 is 7.23. The number of hydrogen-bond acceptors (Lipinski definition) is 3. The molecule has 1 aromatic heterocycles. The number of thioether (sulfide) groups is 1. The third kappa shape index (κ3) is 4.11. The molecule has 4 nitrogen and oxygen atoms in total. The van der Waals surface area contributed by atoms with Gasteiger partial charge >= 0.3 is 0 Å². The normalized spacial score (nSPS) is 15.0. The van der Waals surface area contributed by atoms with Gasteiger partial charge in [-0.25, -0.2) is 0 Å². The number of benzene rings is 4. The molecule has 5 aromatic rings. The Morgan fingerprint density at radius 2 is 1.44 bits per heavy atom. The van der Waals surface area contributed by atoms with Crippen LogP contribution >= 0.6 is 23.4 Å². The molecule has 0 unspecified atom stereocenters. The Hall–Kier alpha value is -3.80. The SMILES string of the molecule is O=C1S/C(=C\c2cn(Cc3cccc4ccccc34)c3ccccc23)C(=O)N1Cc1ccccc1Cl. The van der Waals surface area contributed by atoms with Gasteiger partial charge in [0.15, 0.2) is 0 Å². The molecule has 0 radical (unpaired) electrons. The second-order valence-electron chi connectivity index (χ2n) is 8.73. The van der Waals surface area contributed by atoms with E-state index < -0.39 is 0 Å². The maximum Gasteiger partial charge on any atom is 0.293 e. The standard InChI is InChI=1S/C30H21ClN2O2S/c31-26-14-5-2-9-22(26)19-33-29(34)28(36-30(33)35)16-23-18-32(27-15-6-4-13-25(23)27)17-21-11-7-10-20-8-1-3-12-24(20)21/h1-16,18H,17,19H2/b28-16-. The Morgan fingerprint density at radius 1 is 0.750 bits per heavy atom. The lowest BCUT2D eigenvalue weighted by atomic mass is 10.0. The molecule has 176 valence electrons. The number of carbonyl (C=O) groups is 2. The predicted octanol–water partition coefficient (Wildman–Crippen LogP) is 7.73. The number of rotatable bonds is 5. The first kappa shape index (κ1) is 22.7. The fraction of sp³-hybridized carbons (Fsp3) is 0.0667. The first-order valence-corrected chi connectivity index (χ1v) is 12.8. The van der Waals surface area contributed by atoms with Crippen LogP contribution in [-0.2, 0) is 17.9 Å². The Bertz CT molecular complexity index is 1680. The Balaban J connectivity index is 1.35. The summed E-state index contributed by atoms with van der Waals surface area (Å²) in [5.74, 6) is -0.296. The van der Waals surface area contributed by atoms with Crippen LogP contribution in [0.25, 0.3) is 27.8 Å². The van der Waals surface area contributed by atoms with Gasteiger partial charge in [0.25, 0.3) is 11.1 Å². The molecule has 0 atom stereocenters. The minimum absolute atomic E-state index is 0.157. The van der Waals surface area contributed by atoms with Crippen LogP contribution in [0.5, 0.6) is 0 Å². The van der Waals surface area contributed by atoms with E-state index in [0.29, 0.717) is 16.5 Å². The number of para-hydroxylation sites is 1. The van der Waals surface area contributed by atoms with E-state index in [-0.39, 0.29) is 17.7 Å². The Labute approximate surface area is 217 Å². The number of nitrogens with zero attached hydrogens (tertiary/aromatic N) is 2. The van der Waals surface area contributed by atoms with E-state index >= 15 is 0 Å². The van der Waals surface area contributed by atoms with Gasteiger partial charge in [-0.1, -0.05) is 90.5 Å². The van der Waals surface area contributed by atoms with Crippen LogP contribution in [0.1, 0.15) is 16.7 Å². The van der Waals surface area contributed by atoms with Crippen molar-refractivity contribution in [3.05, 3.63) is 124 Å². The minimum atomic E-state index is -0.296. The highest BCUT2D eigenvalue weighted by Gasteiger charge is 2.35. The van der Waals surface area contributed by atoms with Crippen LogP contribution in [0.4, 0.5) is 4.79 Å². The highest BCUT2D eigenvalue weighted by molar-refractivity contribution is 8.18. The Morgan fingerprint density at radius 3 is 2.31 bits per heavy atom. The van der Waals surface area contributed by atoms with Crippen molar-refractivity contribution < 1.29 is 9.59 Å². The molecule has 6 heteroatoms. The van der Waals surface area contributed by atoms with Crippen molar-refractivity contribution >= 4 is 62.3 Å². The summed E-state index contributed by atoms with van der Waals surface area (Å²) in [5.41, 5.74) is 3.95. The first-order valence-electron chi connectivity index (χ1n) is 11.6. The Kier molecular flexibility index (Phi) is 5.88. The molecule has 1 aliphatic rings. The number of carbonyl (C=O) groups excluding carboxylic acids is 2. The van der Waals surface area contributed by atoms with Gasteiger partial charge in [-0.05, 0) is 51.9 Å².